The van der Waals surface area contributed by atoms with Crippen LogP contribution >= 0.6 is 0 Å². The number of allylic oxidation sites excluding steroid dienone is 2. The number of rotatable bonds is 4. The maximum atomic E-state index is 8.15. The molecule has 0 aromatic carbocycles. The first-order chi connectivity index (χ1) is 4.41. The first-order valence-electron chi connectivity index (χ1n) is 3.43. The van der Waals surface area contributed by atoms with E-state index in [1.54, 1.807) is 0 Å². The van der Waals surface area contributed by atoms with E-state index in [0.717, 1.165) is 19.3 Å². The lowest BCUT2D eigenvalue weighted by Crippen LogP contribution is -1.67. The molecule has 0 saturated carbocycles. The highest BCUT2D eigenvalue weighted by atomic mass is 14.2. The predicted octanol–water partition coefficient (Wildman–Crippen LogP) is 2.65. The van der Waals surface area contributed by atoms with E-state index < -0.39 is 0 Å². The predicted molar refractivity (Wildman–Crippen MR) is 38.9 cm³/mol. The molecule has 0 fully saturated rings. The third kappa shape index (κ3) is 7.23. The molecular weight excluding hydrogens is 110 g/mol. The average molecular weight is 123 g/mol. The molecule has 0 aliphatic heterocycles. The van der Waals surface area contributed by atoms with E-state index in [1.165, 1.54) is 0 Å². The fourth-order valence-electron chi connectivity index (χ4n) is 0.583. The van der Waals surface area contributed by atoms with Crippen molar-refractivity contribution in [2.24, 2.45) is 0 Å². The van der Waals surface area contributed by atoms with Crippen molar-refractivity contribution in [1.29, 1.82) is 5.26 Å². The molecule has 0 rings (SSSR count). The summed E-state index contributed by atoms with van der Waals surface area (Å²) < 4.78 is 0. The molecule has 1 nitrogen and oxygen atoms in total. The lowest BCUT2D eigenvalue weighted by atomic mass is 10.2. The van der Waals surface area contributed by atoms with E-state index in [1.807, 2.05) is 0 Å². The molecule has 0 unspecified atom stereocenters. The van der Waals surface area contributed by atoms with Crippen LogP contribution in [0.5, 0.6) is 0 Å². The normalized spacial score (nSPS) is 9.78. The van der Waals surface area contributed by atoms with Gasteiger partial charge in [0.1, 0.15) is 0 Å². The quantitative estimate of drug-likeness (QED) is 0.416. The topological polar surface area (TPSA) is 23.8 Å². The molecule has 0 aromatic heterocycles. The van der Waals surface area contributed by atoms with Gasteiger partial charge in [-0.2, -0.15) is 5.26 Å². The number of hydrogen-bond acceptors (Lipinski definition) is 1. The Morgan fingerprint density at radius 1 is 1.44 bits per heavy atom. The molecule has 0 atom stereocenters. The molecule has 9 heavy (non-hydrogen) atoms. The highest BCUT2D eigenvalue weighted by Crippen LogP contribution is 1.95. The van der Waals surface area contributed by atoms with Gasteiger partial charge in [-0.15, -0.1) is 0 Å². The van der Waals surface area contributed by atoms with E-state index in [-0.39, 0.29) is 0 Å². The molecule has 0 aromatic rings. The van der Waals surface area contributed by atoms with E-state index >= 15 is 0 Å². The zero-order chi connectivity index (χ0) is 6.95. The number of hydrogen-bond donors (Lipinski definition) is 0. The van der Waals surface area contributed by atoms with Crippen LogP contribution in [0.1, 0.15) is 32.6 Å². The van der Waals surface area contributed by atoms with Gasteiger partial charge in [0.05, 0.1) is 6.07 Å². The second kappa shape index (κ2) is 7.23. The van der Waals surface area contributed by atoms with E-state index in [9.17, 15) is 0 Å². The Bertz CT molecular complexity index is 108. The van der Waals surface area contributed by atoms with Crippen LogP contribution in [0, 0.1) is 11.3 Å². The Morgan fingerprint density at radius 3 is 2.78 bits per heavy atom. The number of nitriles is 1. The van der Waals surface area contributed by atoms with Crippen LogP contribution in [0.4, 0.5) is 0 Å². The zero-order valence-corrected chi connectivity index (χ0v) is 5.93. The zero-order valence-electron chi connectivity index (χ0n) is 5.93. The number of unbranched alkanes of at least 4 members (excludes halogenated alkanes) is 2. The Morgan fingerprint density at radius 2 is 2.22 bits per heavy atom. The van der Waals surface area contributed by atoms with Crippen LogP contribution in [0.15, 0.2) is 12.2 Å². The van der Waals surface area contributed by atoms with Gasteiger partial charge in [-0.25, -0.2) is 0 Å². The van der Waals surface area contributed by atoms with Gasteiger partial charge < -0.3 is 0 Å². The van der Waals surface area contributed by atoms with Gasteiger partial charge in [-0.05, 0) is 19.3 Å². The van der Waals surface area contributed by atoms with Crippen molar-refractivity contribution in [3.05, 3.63) is 12.2 Å². The smallest absolute Gasteiger partial charge is 0.0621 e. The molecule has 0 saturated heterocycles. The van der Waals surface area contributed by atoms with Crippen molar-refractivity contribution in [2.45, 2.75) is 32.6 Å². The lowest BCUT2D eigenvalue weighted by Gasteiger charge is -1.84. The molecule has 0 N–H and O–H groups in total. The second-order valence-electron chi connectivity index (χ2n) is 1.93. The van der Waals surface area contributed by atoms with Crippen LogP contribution in [-0.2, 0) is 0 Å². The third-order valence-corrected chi connectivity index (χ3v) is 1.06. The summed E-state index contributed by atoms with van der Waals surface area (Å²) in [6.07, 6.45) is 8.13. The summed E-state index contributed by atoms with van der Waals surface area (Å²) >= 11 is 0. The Hall–Kier alpha value is -0.770. The summed E-state index contributed by atoms with van der Waals surface area (Å²) in [6.45, 7) is 2.11. The first-order valence-corrected chi connectivity index (χ1v) is 3.43. The second-order valence-corrected chi connectivity index (χ2v) is 1.93. The highest BCUT2D eigenvalue weighted by molar-refractivity contribution is 4.81. The van der Waals surface area contributed by atoms with Gasteiger partial charge in [-0.1, -0.05) is 19.1 Å². The minimum Gasteiger partial charge on any atom is -0.198 e. The van der Waals surface area contributed by atoms with Gasteiger partial charge in [0.2, 0.25) is 0 Å². The fraction of sp³-hybridized carbons (Fsp3) is 0.625. The summed E-state index contributed by atoms with van der Waals surface area (Å²) in [7, 11) is 0. The van der Waals surface area contributed by atoms with E-state index in [4.69, 9.17) is 5.26 Å². The molecule has 0 aliphatic carbocycles. The SMILES string of the molecule is CC/C=C\CCCC#N. The standard InChI is InChI=1S/C8H13N/c1-2-3-4-5-6-7-8-9/h3-4H,2,5-7H2,1H3/b4-3-. The molecule has 1 heteroatoms. The van der Waals surface area contributed by atoms with Gasteiger partial charge in [0.25, 0.3) is 0 Å². The summed E-state index contributed by atoms with van der Waals surface area (Å²) in [6, 6.07) is 2.11. The Kier molecular flexibility index (Phi) is 6.61. The van der Waals surface area contributed by atoms with Gasteiger partial charge in [-0.3, -0.25) is 0 Å². The van der Waals surface area contributed by atoms with Gasteiger partial charge in [0, 0.05) is 6.42 Å². The van der Waals surface area contributed by atoms with Gasteiger partial charge in [0.15, 0.2) is 0 Å². The molecule has 0 amide bonds. The van der Waals surface area contributed by atoms with E-state index in [2.05, 4.69) is 25.1 Å². The summed E-state index contributed by atoms with van der Waals surface area (Å²) in [5.41, 5.74) is 0. The Labute approximate surface area is 57.0 Å². The average Bonchev–Trinajstić information content (AvgIpc) is 1.89. The fourth-order valence-corrected chi connectivity index (χ4v) is 0.583. The Balaban J connectivity index is 2.92. The monoisotopic (exact) mass is 123 g/mol. The van der Waals surface area contributed by atoms with Crippen molar-refractivity contribution in [3.63, 3.8) is 0 Å². The van der Waals surface area contributed by atoms with Crippen LogP contribution in [-0.4, -0.2) is 0 Å². The minimum absolute atomic E-state index is 0.689. The van der Waals surface area contributed by atoms with Crippen molar-refractivity contribution >= 4 is 0 Å². The summed E-state index contributed by atoms with van der Waals surface area (Å²) in [5.74, 6) is 0. The van der Waals surface area contributed by atoms with Gasteiger partial charge >= 0.3 is 0 Å². The maximum absolute atomic E-state index is 8.15. The van der Waals surface area contributed by atoms with E-state index in [0.29, 0.717) is 6.42 Å². The molecule has 50 valence electrons. The molecule has 0 aliphatic rings. The van der Waals surface area contributed by atoms with Crippen molar-refractivity contribution in [2.75, 3.05) is 0 Å². The van der Waals surface area contributed by atoms with Crippen LogP contribution in [0.3, 0.4) is 0 Å². The minimum atomic E-state index is 0.689. The van der Waals surface area contributed by atoms with Crippen LogP contribution in [0.25, 0.3) is 0 Å². The molecule has 0 heterocycles. The largest absolute Gasteiger partial charge is 0.198 e. The van der Waals surface area contributed by atoms with Crippen LogP contribution < -0.4 is 0 Å². The summed E-state index contributed by atoms with van der Waals surface area (Å²) in [4.78, 5) is 0. The van der Waals surface area contributed by atoms with Crippen molar-refractivity contribution < 1.29 is 0 Å². The molecule has 0 bridgehead atoms. The third-order valence-electron chi connectivity index (χ3n) is 1.06. The number of nitrogens with zero attached hydrogens (tertiary/aromatic N) is 1. The lowest BCUT2D eigenvalue weighted by molar-refractivity contribution is 0.873. The first kappa shape index (κ1) is 8.23. The summed E-state index contributed by atoms with van der Waals surface area (Å²) in [5, 5.41) is 8.15. The van der Waals surface area contributed by atoms with Crippen molar-refractivity contribution in [1.82, 2.24) is 0 Å². The van der Waals surface area contributed by atoms with Crippen LogP contribution in [0.2, 0.25) is 0 Å². The highest BCUT2D eigenvalue weighted by Gasteiger charge is 1.78. The molecule has 0 spiro atoms. The molecular formula is C8H13N. The maximum Gasteiger partial charge on any atom is 0.0621 e. The molecule has 0 radical (unpaired) electrons. The van der Waals surface area contributed by atoms with Crippen molar-refractivity contribution in [3.8, 4) is 6.07 Å².